The Morgan fingerprint density at radius 1 is 1.55 bits per heavy atom. The van der Waals surface area contributed by atoms with Gasteiger partial charge in [-0.2, -0.15) is 0 Å². The molecule has 0 atom stereocenters. The van der Waals surface area contributed by atoms with Gasteiger partial charge in [0, 0.05) is 19.0 Å². The van der Waals surface area contributed by atoms with Gasteiger partial charge in [-0.05, 0) is 13.3 Å². The number of unbranched alkanes of at least 4 members (excludes halogenated alkanes) is 1. The van der Waals surface area contributed by atoms with E-state index in [4.69, 9.17) is 4.52 Å². The van der Waals surface area contributed by atoms with E-state index in [9.17, 15) is 9.59 Å². The van der Waals surface area contributed by atoms with Gasteiger partial charge in [0.25, 0.3) is 0 Å². The maximum absolute atomic E-state index is 11.9. The third-order valence-corrected chi connectivity index (χ3v) is 2.68. The van der Waals surface area contributed by atoms with E-state index in [0.717, 1.165) is 12.8 Å². The molecule has 1 rings (SSSR count). The van der Waals surface area contributed by atoms with E-state index in [2.05, 4.69) is 17.1 Å². The van der Waals surface area contributed by atoms with Gasteiger partial charge in [-0.3, -0.25) is 9.59 Å². The SMILES string of the molecule is C=CCN(CC(=O)Nc1cc(C)on1)C(=O)CCCC. The van der Waals surface area contributed by atoms with Crippen LogP contribution >= 0.6 is 0 Å². The van der Waals surface area contributed by atoms with Gasteiger partial charge in [0.2, 0.25) is 11.8 Å². The summed E-state index contributed by atoms with van der Waals surface area (Å²) in [5.41, 5.74) is 0. The number of nitrogens with zero attached hydrogens (tertiary/aromatic N) is 2. The van der Waals surface area contributed by atoms with Gasteiger partial charge in [0.1, 0.15) is 12.3 Å². The van der Waals surface area contributed by atoms with E-state index in [1.165, 1.54) is 4.90 Å². The van der Waals surface area contributed by atoms with Crippen molar-refractivity contribution in [2.24, 2.45) is 0 Å². The fourth-order valence-corrected chi connectivity index (χ4v) is 1.68. The summed E-state index contributed by atoms with van der Waals surface area (Å²) in [5, 5.41) is 6.26. The predicted octanol–water partition coefficient (Wildman–Crippen LogP) is 2.13. The third-order valence-electron chi connectivity index (χ3n) is 2.68. The highest BCUT2D eigenvalue weighted by atomic mass is 16.5. The number of amides is 2. The minimum atomic E-state index is -0.301. The molecule has 1 aromatic rings. The molecule has 1 N–H and O–H groups in total. The van der Waals surface area contributed by atoms with Crippen LogP contribution in [0.3, 0.4) is 0 Å². The minimum absolute atomic E-state index is 0.0134. The van der Waals surface area contributed by atoms with E-state index in [0.29, 0.717) is 24.5 Å². The Morgan fingerprint density at radius 3 is 2.85 bits per heavy atom. The molecule has 0 saturated heterocycles. The van der Waals surface area contributed by atoms with E-state index < -0.39 is 0 Å². The quantitative estimate of drug-likeness (QED) is 0.740. The molecule has 6 nitrogen and oxygen atoms in total. The van der Waals surface area contributed by atoms with Gasteiger partial charge in [0.15, 0.2) is 5.82 Å². The minimum Gasteiger partial charge on any atom is -0.360 e. The smallest absolute Gasteiger partial charge is 0.245 e. The van der Waals surface area contributed by atoms with E-state index in [1.54, 1.807) is 19.1 Å². The zero-order valence-electron chi connectivity index (χ0n) is 12.0. The largest absolute Gasteiger partial charge is 0.360 e. The second kappa shape index (κ2) is 8.14. The lowest BCUT2D eigenvalue weighted by molar-refractivity contribution is -0.134. The number of aromatic nitrogens is 1. The van der Waals surface area contributed by atoms with Gasteiger partial charge in [0.05, 0.1) is 0 Å². The third kappa shape index (κ3) is 5.26. The van der Waals surface area contributed by atoms with Gasteiger partial charge in [-0.1, -0.05) is 24.6 Å². The first kappa shape index (κ1) is 15.9. The lowest BCUT2D eigenvalue weighted by Crippen LogP contribution is -2.38. The lowest BCUT2D eigenvalue weighted by atomic mass is 10.2. The van der Waals surface area contributed by atoms with Crippen molar-refractivity contribution in [1.29, 1.82) is 0 Å². The molecule has 0 bridgehead atoms. The molecule has 0 fully saturated rings. The van der Waals surface area contributed by atoms with E-state index in [1.807, 2.05) is 6.92 Å². The van der Waals surface area contributed by atoms with Gasteiger partial charge < -0.3 is 14.7 Å². The molecule has 1 aromatic heterocycles. The zero-order chi connectivity index (χ0) is 15.0. The molecule has 0 aliphatic rings. The summed E-state index contributed by atoms with van der Waals surface area (Å²) in [4.78, 5) is 25.3. The highest BCUT2D eigenvalue weighted by molar-refractivity contribution is 5.93. The van der Waals surface area contributed by atoms with E-state index in [-0.39, 0.29) is 18.4 Å². The molecule has 6 heteroatoms. The van der Waals surface area contributed by atoms with Crippen LogP contribution in [0.2, 0.25) is 0 Å². The molecule has 0 aliphatic heterocycles. The second-order valence-corrected chi connectivity index (χ2v) is 4.54. The Labute approximate surface area is 118 Å². The van der Waals surface area contributed by atoms with Gasteiger partial charge in [-0.25, -0.2) is 0 Å². The highest BCUT2D eigenvalue weighted by Crippen LogP contribution is 2.07. The van der Waals surface area contributed by atoms with Crippen molar-refractivity contribution >= 4 is 17.6 Å². The molecule has 110 valence electrons. The van der Waals surface area contributed by atoms with Crippen LogP contribution in [0.1, 0.15) is 31.9 Å². The molecule has 0 unspecified atom stereocenters. The summed E-state index contributed by atoms with van der Waals surface area (Å²) >= 11 is 0. The first-order chi connectivity index (χ1) is 9.56. The molecule has 0 radical (unpaired) electrons. The molecular weight excluding hydrogens is 258 g/mol. The molecule has 0 aromatic carbocycles. The van der Waals surface area contributed by atoms with Crippen molar-refractivity contribution in [2.45, 2.75) is 33.1 Å². The maximum atomic E-state index is 11.9. The van der Waals surface area contributed by atoms with Gasteiger partial charge in [-0.15, -0.1) is 6.58 Å². The van der Waals surface area contributed by atoms with Crippen LogP contribution in [0, 0.1) is 6.92 Å². The van der Waals surface area contributed by atoms with Crippen molar-refractivity contribution in [3.8, 4) is 0 Å². The first-order valence-corrected chi connectivity index (χ1v) is 6.68. The summed E-state index contributed by atoms with van der Waals surface area (Å²) in [6.45, 7) is 7.70. The van der Waals surface area contributed by atoms with Crippen molar-refractivity contribution in [2.75, 3.05) is 18.4 Å². The molecule has 0 saturated carbocycles. The number of aryl methyl sites for hydroxylation is 1. The molecule has 0 aliphatic carbocycles. The molecule has 1 heterocycles. The Kier molecular flexibility index (Phi) is 6.49. The van der Waals surface area contributed by atoms with Gasteiger partial charge >= 0.3 is 0 Å². The summed E-state index contributed by atoms with van der Waals surface area (Å²) < 4.78 is 4.86. The lowest BCUT2D eigenvalue weighted by Gasteiger charge is -2.20. The Bertz CT molecular complexity index is 468. The average molecular weight is 279 g/mol. The highest BCUT2D eigenvalue weighted by Gasteiger charge is 2.16. The molecule has 0 spiro atoms. The van der Waals surface area contributed by atoms with Crippen LogP contribution in [0.5, 0.6) is 0 Å². The number of rotatable bonds is 8. The fraction of sp³-hybridized carbons (Fsp3) is 0.500. The monoisotopic (exact) mass is 279 g/mol. The van der Waals surface area contributed by atoms with Crippen LogP contribution in [0.25, 0.3) is 0 Å². The Balaban J connectivity index is 2.53. The van der Waals surface area contributed by atoms with Crippen LogP contribution in [-0.2, 0) is 9.59 Å². The van der Waals surface area contributed by atoms with Crippen LogP contribution in [0.4, 0.5) is 5.82 Å². The van der Waals surface area contributed by atoms with Crippen LogP contribution < -0.4 is 5.32 Å². The van der Waals surface area contributed by atoms with E-state index >= 15 is 0 Å². The summed E-state index contributed by atoms with van der Waals surface area (Å²) in [5.74, 6) is 0.623. The number of hydrogen-bond acceptors (Lipinski definition) is 4. The predicted molar refractivity (Wildman–Crippen MR) is 76.2 cm³/mol. The average Bonchev–Trinajstić information content (AvgIpc) is 2.80. The van der Waals surface area contributed by atoms with Crippen molar-refractivity contribution in [3.63, 3.8) is 0 Å². The normalized spacial score (nSPS) is 10.1. The first-order valence-electron chi connectivity index (χ1n) is 6.68. The number of carbonyl (C=O) groups excluding carboxylic acids is 2. The van der Waals surface area contributed by atoms with Crippen LogP contribution in [0.15, 0.2) is 23.2 Å². The molecular formula is C14H21N3O3. The standard InChI is InChI=1S/C14H21N3O3/c1-4-6-7-14(19)17(8-5-2)10-13(18)15-12-9-11(3)20-16-12/h5,9H,2,4,6-8,10H2,1,3H3,(H,15,16,18). The number of hydrogen-bond donors (Lipinski definition) is 1. The van der Waals surface area contributed by atoms with Crippen molar-refractivity contribution in [1.82, 2.24) is 10.1 Å². The number of carbonyl (C=O) groups is 2. The summed E-state index contributed by atoms with van der Waals surface area (Å²) in [7, 11) is 0. The van der Waals surface area contributed by atoms with Crippen LogP contribution in [-0.4, -0.2) is 35.0 Å². The summed E-state index contributed by atoms with van der Waals surface area (Å²) in [6.07, 6.45) is 3.81. The topological polar surface area (TPSA) is 75.4 Å². The molecule has 2 amide bonds. The number of nitrogens with one attached hydrogen (secondary N) is 1. The number of anilines is 1. The Morgan fingerprint density at radius 2 is 2.30 bits per heavy atom. The zero-order valence-corrected chi connectivity index (χ0v) is 12.0. The van der Waals surface area contributed by atoms with Crippen molar-refractivity contribution in [3.05, 3.63) is 24.5 Å². The summed E-state index contributed by atoms with van der Waals surface area (Å²) in [6, 6.07) is 1.62. The maximum Gasteiger partial charge on any atom is 0.245 e. The van der Waals surface area contributed by atoms with Crippen molar-refractivity contribution < 1.29 is 14.1 Å². The second-order valence-electron chi connectivity index (χ2n) is 4.54. The Hall–Kier alpha value is -2.11. The molecule has 20 heavy (non-hydrogen) atoms. The fourth-order valence-electron chi connectivity index (χ4n) is 1.68.